The zero-order valence-corrected chi connectivity index (χ0v) is 11.7. The minimum atomic E-state index is 0.393. The summed E-state index contributed by atoms with van der Waals surface area (Å²) in [5.74, 6) is 0. The predicted molar refractivity (Wildman–Crippen MR) is 70.9 cm³/mol. The molecule has 1 aliphatic rings. The summed E-state index contributed by atoms with van der Waals surface area (Å²) < 4.78 is 0. The van der Waals surface area contributed by atoms with Crippen LogP contribution >= 0.6 is 0 Å². The number of nitrogens with one attached hydrogen (secondary N) is 1. The number of hydrogen-bond donors (Lipinski definition) is 1. The number of nitrogens with zero attached hydrogens (tertiary/aromatic N) is 2. The molecule has 1 N–H and O–H groups in total. The number of likely N-dealkylation sites (tertiary alicyclic amines) is 1. The molecule has 0 bridgehead atoms. The molecule has 1 heterocycles. The first-order valence-electron chi connectivity index (χ1n) is 6.53. The second kappa shape index (κ2) is 5.99. The van der Waals surface area contributed by atoms with E-state index in [4.69, 9.17) is 0 Å². The Balaban J connectivity index is 2.32. The van der Waals surface area contributed by atoms with Crippen molar-refractivity contribution in [3.8, 4) is 0 Å². The fourth-order valence-corrected chi connectivity index (χ4v) is 2.94. The van der Waals surface area contributed by atoms with E-state index < -0.39 is 0 Å². The first-order valence-corrected chi connectivity index (χ1v) is 6.53. The predicted octanol–water partition coefficient (Wildman–Crippen LogP) is 1.26. The van der Waals surface area contributed by atoms with Crippen LogP contribution in [0.15, 0.2) is 0 Å². The van der Waals surface area contributed by atoms with Gasteiger partial charge in [0.2, 0.25) is 0 Å². The normalized spacial score (nSPS) is 23.2. The summed E-state index contributed by atoms with van der Waals surface area (Å²) in [6.45, 7) is 12.9. The summed E-state index contributed by atoms with van der Waals surface area (Å²) in [4.78, 5) is 4.90. The van der Waals surface area contributed by atoms with Crippen LogP contribution in [0.4, 0.5) is 0 Å². The molecule has 0 spiro atoms. The standard InChI is InChI=1S/C13H29N3/c1-6-14-12-7-8-16(9-12)11-13(2,3)10-15(4)5/h12,14H,6-11H2,1-5H3. The molecule has 1 aliphatic heterocycles. The van der Waals surface area contributed by atoms with Gasteiger partial charge in [-0.15, -0.1) is 0 Å². The van der Waals surface area contributed by atoms with Crippen LogP contribution in [0, 0.1) is 5.41 Å². The van der Waals surface area contributed by atoms with Crippen LogP contribution in [0.1, 0.15) is 27.2 Å². The maximum absolute atomic E-state index is 3.55. The molecule has 3 heteroatoms. The molecule has 0 saturated carbocycles. The van der Waals surface area contributed by atoms with Crippen LogP contribution in [0.25, 0.3) is 0 Å². The van der Waals surface area contributed by atoms with Crippen LogP contribution in [0.3, 0.4) is 0 Å². The third kappa shape index (κ3) is 4.81. The number of likely N-dealkylation sites (N-methyl/N-ethyl adjacent to an activating group) is 1. The summed E-state index contributed by atoms with van der Waals surface area (Å²) in [5.41, 5.74) is 0.393. The van der Waals surface area contributed by atoms with Gasteiger partial charge < -0.3 is 15.1 Å². The highest BCUT2D eigenvalue weighted by Crippen LogP contribution is 2.21. The first-order chi connectivity index (χ1) is 7.43. The van der Waals surface area contributed by atoms with Crippen molar-refractivity contribution in [3.63, 3.8) is 0 Å². The highest BCUT2D eigenvalue weighted by Gasteiger charge is 2.27. The maximum atomic E-state index is 3.55. The van der Waals surface area contributed by atoms with E-state index >= 15 is 0 Å². The number of hydrogen-bond acceptors (Lipinski definition) is 3. The molecule has 1 unspecified atom stereocenters. The Morgan fingerprint density at radius 2 is 2.06 bits per heavy atom. The molecule has 3 nitrogen and oxygen atoms in total. The molecular formula is C13H29N3. The summed E-state index contributed by atoms with van der Waals surface area (Å²) >= 11 is 0. The average molecular weight is 227 g/mol. The van der Waals surface area contributed by atoms with E-state index in [2.05, 4.69) is 50.0 Å². The van der Waals surface area contributed by atoms with E-state index in [0.717, 1.165) is 19.1 Å². The summed E-state index contributed by atoms with van der Waals surface area (Å²) in [6, 6.07) is 0.722. The molecule has 0 aromatic rings. The van der Waals surface area contributed by atoms with Gasteiger partial charge in [0.25, 0.3) is 0 Å². The lowest BCUT2D eigenvalue weighted by molar-refractivity contribution is 0.162. The molecule has 0 amide bonds. The Labute approximate surface area is 101 Å². The molecular weight excluding hydrogens is 198 g/mol. The lowest BCUT2D eigenvalue weighted by Gasteiger charge is -2.32. The van der Waals surface area contributed by atoms with Crippen molar-refractivity contribution >= 4 is 0 Å². The van der Waals surface area contributed by atoms with Gasteiger partial charge in [0, 0.05) is 25.7 Å². The van der Waals surface area contributed by atoms with Crippen molar-refractivity contribution < 1.29 is 0 Å². The largest absolute Gasteiger partial charge is 0.313 e. The lowest BCUT2D eigenvalue weighted by Crippen LogP contribution is -2.40. The van der Waals surface area contributed by atoms with Gasteiger partial charge in [-0.05, 0) is 39.0 Å². The average Bonchev–Trinajstić information content (AvgIpc) is 2.49. The Morgan fingerprint density at radius 1 is 1.38 bits per heavy atom. The van der Waals surface area contributed by atoms with Gasteiger partial charge in [-0.3, -0.25) is 0 Å². The van der Waals surface area contributed by atoms with Crippen molar-refractivity contribution in [3.05, 3.63) is 0 Å². The van der Waals surface area contributed by atoms with Gasteiger partial charge in [-0.2, -0.15) is 0 Å². The molecule has 16 heavy (non-hydrogen) atoms. The first kappa shape index (κ1) is 13.9. The Kier molecular flexibility index (Phi) is 5.22. The number of rotatable bonds is 6. The van der Waals surface area contributed by atoms with Crippen molar-refractivity contribution in [2.45, 2.75) is 33.2 Å². The van der Waals surface area contributed by atoms with E-state index in [1.165, 1.54) is 26.1 Å². The summed E-state index contributed by atoms with van der Waals surface area (Å²) in [7, 11) is 4.32. The monoisotopic (exact) mass is 227 g/mol. The van der Waals surface area contributed by atoms with Crippen molar-refractivity contribution in [2.75, 3.05) is 46.8 Å². The fourth-order valence-electron chi connectivity index (χ4n) is 2.94. The highest BCUT2D eigenvalue weighted by atomic mass is 15.2. The van der Waals surface area contributed by atoms with E-state index in [9.17, 15) is 0 Å². The Hall–Kier alpha value is -0.120. The molecule has 1 rings (SSSR count). The molecule has 96 valence electrons. The lowest BCUT2D eigenvalue weighted by atomic mass is 9.92. The van der Waals surface area contributed by atoms with Gasteiger partial charge >= 0.3 is 0 Å². The molecule has 0 aromatic carbocycles. The SMILES string of the molecule is CCNC1CCN(CC(C)(C)CN(C)C)C1. The van der Waals surface area contributed by atoms with Crippen LogP contribution in [0.2, 0.25) is 0 Å². The summed E-state index contributed by atoms with van der Waals surface area (Å²) in [6.07, 6.45) is 1.31. The van der Waals surface area contributed by atoms with E-state index in [-0.39, 0.29) is 0 Å². The molecule has 0 radical (unpaired) electrons. The van der Waals surface area contributed by atoms with Gasteiger partial charge in [-0.1, -0.05) is 20.8 Å². The highest BCUT2D eigenvalue weighted by molar-refractivity contribution is 4.85. The van der Waals surface area contributed by atoms with Crippen LogP contribution < -0.4 is 5.32 Å². The van der Waals surface area contributed by atoms with Crippen molar-refractivity contribution in [1.29, 1.82) is 0 Å². The van der Waals surface area contributed by atoms with Gasteiger partial charge in [0.15, 0.2) is 0 Å². The van der Waals surface area contributed by atoms with Crippen LogP contribution in [-0.4, -0.2) is 62.7 Å². The third-order valence-corrected chi connectivity index (χ3v) is 3.16. The van der Waals surface area contributed by atoms with Crippen LogP contribution in [0.5, 0.6) is 0 Å². The quantitative estimate of drug-likeness (QED) is 0.737. The van der Waals surface area contributed by atoms with E-state index in [1.54, 1.807) is 0 Å². The molecule has 1 saturated heterocycles. The van der Waals surface area contributed by atoms with Crippen LogP contribution in [-0.2, 0) is 0 Å². The zero-order valence-electron chi connectivity index (χ0n) is 11.7. The van der Waals surface area contributed by atoms with Crippen molar-refractivity contribution in [2.24, 2.45) is 5.41 Å². The minimum absolute atomic E-state index is 0.393. The topological polar surface area (TPSA) is 18.5 Å². The van der Waals surface area contributed by atoms with Crippen molar-refractivity contribution in [1.82, 2.24) is 15.1 Å². The molecule has 0 aromatic heterocycles. The summed E-state index contributed by atoms with van der Waals surface area (Å²) in [5, 5.41) is 3.55. The van der Waals surface area contributed by atoms with Gasteiger partial charge in [0.05, 0.1) is 0 Å². The Bertz CT molecular complexity index is 201. The second-order valence-corrected chi connectivity index (χ2v) is 6.18. The Morgan fingerprint density at radius 3 is 2.62 bits per heavy atom. The molecule has 0 aliphatic carbocycles. The third-order valence-electron chi connectivity index (χ3n) is 3.16. The maximum Gasteiger partial charge on any atom is 0.0207 e. The zero-order chi connectivity index (χ0) is 12.2. The minimum Gasteiger partial charge on any atom is -0.313 e. The second-order valence-electron chi connectivity index (χ2n) is 6.18. The van der Waals surface area contributed by atoms with Gasteiger partial charge in [-0.25, -0.2) is 0 Å². The molecule has 1 atom stereocenters. The van der Waals surface area contributed by atoms with E-state index in [1.807, 2.05) is 0 Å². The van der Waals surface area contributed by atoms with Gasteiger partial charge in [0.1, 0.15) is 0 Å². The van der Waals surface area contributed by atoms with E-state index in [0.29, 0.717) is 5.41 Å². The fraction of sp³-hybridized carbons (Fsp3) is 1.00. The molecule has 1 fully saturated rings. The smallest absolute Gasteiger partial charge is 0.0207 e.